The summed E-state index contributed by atoms with van der Waals surface area (Å²) in [6.45, 7) is 6.95. The Morgan fingerprint density at radius 2 is 1.85 bits per heavy atom. The smallest absolute Gasteiger partial charge is 0.410 e. The summed E-state index contributed by atoms with van der Waals surface area (Å²) in [4.78, 5) is 18.2. The fourth-order valence-corrected chi connectivity index (χ4v) is 3.07. The van der Waals surface area contributed by atoms with Crippen molar-refractivity contribution in [2.75, 3.05) is 20.2 Å². The molecule has 0 aliphatic heterocycles. The minimum atomic E-state index is -0.455. The number of ether oxygens (including phenoxy) is 2. The van der Waals surface area contributed by atoms with Crippen LogP contribution in [-0.4, -0.2) is 55.2 Å². The number of hydrogen-bond donors (Lipinski definition) is 0. The SMILES string of the molecule is CN(CCCOC1CCC(N=Cc2ccccc2)CC1)C(=O)OC(C)(C)C. The molecule has 1 fully saturated rings. The molecule has 0 radical (unpaired) electrons. The van der Waals surface area contributed by atoms with Crippen LogP contribution < -0.4 is 0 Å². The summed E-state index contributed by atoms with van der Waals surface area (Å²) in [6.07, 6.45) is 7.11. The van der Waals surface area contributed by atoms with Gasteiger partial charge in [0, 0.05) is 26.4 Å². The van der Waals surface area contributed by atoms with E-state index in [9.17, 15) is 4.79 Å². The molecule has 1 aliphatic rings. The highest BCUT2D eigenvalue weighted by atomic mass is 16.6. The maximum Gasteiger partial charge on any atom is 0.410 e. The molecule has 0 saturated heterocycles. The summed E-state index contributed by atoms with van der Waals surface area (Å²) in [6, 6.07) is 10.6. The summed E-state index contributed by atoms with van der Waals surface area (Å²) in [5.41, 5.74) is 0.703. The molecule has 0 aromatic heterocycles. The summed E-state index contributed by atoms with van der Waals surface area (Å²) in [5, 5.41) is 0. The van der Waals surface area contributed by atoms with E-state index >= 15 is 0 Å². The minimum absolute atomic E-state index is 0.278. The van der Waals surface area contributed by atoms with Crippen molar-refractivity contribution in [2.45, 2.75) is 70.6 Å². The van der Waals surface area contributed by atoms with Crippen molar-refractivity contribution in [3.05, 3.63) is 35.9 Å². The predicted octanol–water partition coefficient (Wildman–Crippen LogP) is 4.69. The maximum atomic E-state index is 11.9. The van der Waals surface area contributed by atoms with Gasteiger partial charge in [0.25, 0.3) is 0 Å². The van der Waals surface area contributed by atoms with Gasteiger partial charge in [-0.2, -0.15) is 0 Å². The lowest BCUT2D eigenvalue weighted by molar-refractivity contribution is 0.0138. The van der Waals surface area contributed by atoms with Gasteiger partial charge in [-0.05, 0) is 58.4 Å². The van der Waals surface area contributed by atoms with Gasteiger partial charge in [0.2, 0.25) is 0 Å². The summed E-state index contributed by atoms with van der Waals surface area (Å²) < 4.78 is 11.3. The molecule has 1 saturated carbocycles. The summed E-state index contributed by atoms with van der Waals surface area (Å²) >= 11 is 0. The average molecular weight is 375 g/mol. The zero-order chi connectivity index (χ0) is 19.7. The first kappa shape index (κ1) is 21.4. The van der Waals surface area contributed by atoms with Gasteiger partial charge in [-0.1, -0.05) is 30.3 Å². The van der Waals surface area contributed by atoms with E-state index in [0.29, 0.717) is 25.3 Å². The monoisotopic (exact) mass is 374 g/mol. The predicted molar refractivity (Wildman–Crippen MR) is 110 cm³/mol. The fraction of sp³-hybridized carbons (Fsp3) is 0.636. The lowest BCUT2D eigenvalue weighted by atomic mass is 9.93. The number of carbonyl (C=O) groups excluding carboxylic acids is 1. The van der Waals surface area contributed by atoms with Crippen LogP contribution >= 0.6 is 0 Å². The molecule has 27 heavy (non-hydrogen) atoms. The van der Waals surface area contributed by atoms with Crippen LogP contribution in [0.15, 0.2) is 35.3 Å². The molecular weight excluding hydrogens is 340 g/mol. The lowest BCUT2D eigenvalue weighted by Crippen LogP contribution is -2.35. The number of benzene rings is 1. The van der Waals surface area contributed by atoms with Crippen LogP contribution in [0.1, 0.15) is 58.4 Å². The van der Waals surface area contributed by atoms with Crippen LogP contribution in [0.25, 0.3) is 0 Å². The molecule has 5 heteroatoms. The molecule has 0 unspecified atom stereocenters. The van der Waals surface area contributed by atoms with Gasteiger partial charge >= 0.3 is 6.09 Å². The second kappa shape index (κ2) is 10.5. The second-order valence-electron chi connectivity index (χ2n) is 8.25. The third kappa shape index (κ3) is 8.57. The Bertz CT molecular complexity index is 587. The van der Waals surface area contributed by atoms with E-state index in [0.717, 1.165) is 37.7 Å². The molecule has 0 heterocycles. The van der Waals surface area contributed by atoms with E-state index in [1.807, 2.05) is 45.2 Å². The first-order valence-electron chi connectivity index (χ1n) is 9.97. The molecule has 150 valence electrons. The van der Waals surface area contributed by atoms with Crippen molar-refractivity contribution in [1.82, 2.24) is 4.90 Å². The standard InChI is InChI=1S/C22H34N2O3/c1-22(2,3)27-21(25)24(4)15-8-16-26-20-13-11-19(12-14-20)23-17-18-9-6-5-7-10-18/h5-7,9-10,17,19-20H,8,11-16H2,1-4H3. The molecule has 1 aliphatic carbocycles. The molecular formula is C22H34N2O3. The molecule has 0 N–H and O–H groups in total. The number of carbonyl (C=O) groups is 1. The van der Waals surface area contributed by atoms with Crippen LogP contribution in [0.2, 0.25) is 0 Å². The highest BCUT2D eigenvalue weighted by molar-refractivity contribution is 5.79. The number of rotatable bonds is 7. The number of hydrogen-bond acceptors (Lipinski definition) is 4. The third-order valence-electron chi connectivity index (χ3n) is 4.57. The van der Waals surface area contributed by atoms with Gasteiger partial charge in [-0.25, -0.2) is 4.79 Å². The Morgan fingerprint density at radius 3 is 2.48 bits per heavy atom. The summed E-state index contributed by atoms with van der Waals surface area (Å²) in [5.74, 6) is 0. The van der Waals surface area contributed by atoms with Gasteiger partial charge in [0.15, 0.2) is 0 Å². The second-order valence-corrected chi connectivity index (χ2v) is 8.25. The molecule has 2 rings (SSSR count). The van der Waals surface area contributed by atoms with Crippen molar-refractivity contribution in [3.8, 4) is 0 Å². The number of aliphatic imine (C=N–C) groups is 1. The van der Waals surface area contributed by atoms with E-state index in [1.165, 1.54) is 0 Å². The van der Waals surface area contributed by atoms with Gasteiger partial charge in [0.1, 0.15) is 5.60 Å². The van der Waals surface area contributed by atoms with Gasteiger partial charge in [0.05, 0.1) is 12.1 Å². The Hall–Kier alpha value is -1.88. The first-order chi connectivity index (χ1) is 12.8. The number of amides is 1. The van der Waals surface area contributed by atoms with Gasteiger partial charge < -0.3 is 14.4 Å². The highest BCUT2D eigenvalue weighted by Crippen LogP contribution is 2.23. The first-order valence-corrected chi connectivity index (χ1v) is 9.97. The zero-order valence-electron chi connectivity index (χ0n) is 17.2. The molecule has 1 aromatic rings. The third-order valence-corrected chi connectivity index (χ3v) is 4.57. The average Bonchev–Trinajstić information content (AvgIpc) is 2.64. The Labute approximate surface area is 163 Å². The normalized spacial score (nSPS) is 20.6. The highest BCUT2D eigenvalue weighted by Gasteiger charge is 2.21. The molecule has 1 aromatic carbocycles. The van der Waals surface area contributed by atoms with Crippen molar-refractivity contribution < 1.29 is 14.3 Å². The molecule has 0 bridgehead atoms. The fourth-order valence-electron chi connectivity index (χ4n) is 3.07. The quantitative estimate of drug-likeness (QED) is 0.514. The van der Waals surface area contributed by atoms with E-state index < -0.39 is 5.60 Å². The summed E-state index contributed by atoms with van der Waals surface area (Å²) in [7, 11) is 1.77. The Balaban J connectivity index is 1.58. The van der Waals surface area contributed by atoms with Crippen LogP contribution in [0.5, 0.6) is 0 Å². The molecule has 1 amide bonds. The van der Waals surface area contributed by atoms with Crippen molar-refractivity contribution >= 4 is 12.3 Å². The largest absolute Gasteiger partial charge is 0.444 e. The van der Waals surface area contributed by atoms with Gasteiger partial charge in [-0.3, -0.25) is 4.99 Å². The van der Waals surface area contributed by atoms with Crippen molar-refractivity contribution in [2.24, 2.45) is 4.99 Å². The Kier molecular flexibility index (Phi) is 8.29. The zero-order valence-corrected chi connectivity index (χ0v) is 17.2. The number of nitrogens with zero attached hydrogens (tertiary/aromatic N) is 2. The van der Waals surface area contributed by atoms with Crippen LogP contribution in [0.3, 0.4) is 0 Å². The van der Waals surface area contributed by atoms with Crippen LogP contribution in [-0.2, 0) is 9.47 Å². The van der Waals surface area contributed by atoms with E-state index in [1.54, 1.807) is 11.9 Å². The van der Waals surface area contributed by atoms with Gasteiger partial charge in [-0.15, -0.1) is 0 Å². The molecule has 5 nitrogen and oxygen atoms in total. The van der Waals surface area contributed by atoms with Crippen molar-refractivity contribution in [3.63, 3.8) is 0 Å². The Morgan fingerprint density at radius 1 is 1.19 bits per heavy atom. The topological polar surface area (TPSA) is 51.1 Å². The van der Waals surface area contributed by atoms with Crippen LogP contribution in [0, 0.1) is 0 Å². The maximum absolute atomic E-state index is 11.9. The van der Waals surface area contributed by atoms with Crippen molar-refractivity contribution in [1.29, 1.82) is 0 Å². The van der Waals surface area contributed by atoms with E-state index in [4.69, 9.17) is 14.5 Å². The molecule has 0 spiro atoms. The van der Waals surface area contributed by atoms with E-state index in [2.05, 4.69) is 12.1 Å². The lowest BCUT2D eigenvalue weighted by Gasteiger charge is -2.27. The minimum Gasteiger partial charge on any atom is -0.444 e. The van der Waals surface area contributed by atoms with Crippen LogP contribution in [0.4, 0.5) is 4.79 Å². The molecule has 0 atom stereocenters. The van der Waals surface area contributed by atoms with E-state index in [-0.39, 0.29) is 6.09 Å².